The predicted octanol–water partition coefficient (Wildman–Crippen LogP) is 2.68. The largest absolute Gasteiger partial charge is 0.357 e. The van der Waals surface area contributed by atoms with E-state index >= 15 is 0 Å². The molecular formula is C16H28ClIN4O2S. The number of benzene rings is 1. The van der Waals surface area contributed by atoms with Gasteiger partial charge in [0.2, 0.25) is 10.0 Å². The summed E-state index contributed by atoms with van der Waals surface area (Å²) >= 11 is 5.90. The molecule has 1 aromatic rings. The average Bonchev–Trinajstić information content (AvgIpc) is 2.55. The van der Waals surface area contributed by atoms with Crippen LogP contribution in [-0.4, -0.2) is 51.7 Å². The van der Waals surface area contributed by atoms with Crippen LogP contribution in [0.4, 0.5) is 0 Å². The molecular weight excluding hydrogens is 475 g/mol. The Kier molecular flexibility index (Phi) is 12.4. The molecule has 0 amide bonds. The summed E-state index contributed by atoms with van der Waals surface area (Å²) < 4.78 is 25.3. The van der Waals surface area contributed by atoms with Crippen molar-refractivity contribution in [3.63, 3.8) is 0 Å². The van der Waals surface area contributed by atoms with E-state index in [-0.39, 0.29) is 29.7 Å². The van der Waals surface area contributed by atoms with E-state index in [1.54, 1.807) is 6.92 Å². The van der Waals surface area contributed by atoms with Gasteiger partial charge in [0.25, 0.3) is 0 Å². The molecule has 0 bridgehead atoms. The van der Waals surface area contributed by atoms with Crippen molar-refractivity contribution >= 4 is 51.6 Å². The third kappa shape index (κ3) is 10.2. The van der Waals surface area contributed by atoms with Gasteiger partial charge in [-0.2, -0.15) is 0 Å². The molecule has 0 spiro atoms. The highest BCUT2D eigenvalue weighted by Gasteiger charge is 2.07. The van der Waals surface area contributed by atoms with E-state index in [0.717, 1.165) is 23.1 Å². The first kappa shape index (κ1) is 24.4. The molecule has 2 N–H and O–H groups in total. The zero-order valence-electron chi connectivity index (χ0n) is 15.0. The van der Waals surface area contributed by atoms with E-state index in [1.165, 1.54) is 0 Å². The maximum atomic E-state index is 11.4. The van der Waals surface area contributed by atoms with Crippen molar-refractivity contribution in [3.05, 3.63) is 34.9 Å². The van der Waals surface area contributed by atoms with Gasteiger partial charge in [0.15, 0.2) is 5.96 Å². The molecule has 0 saturated carbocycles. The Balaban J connectivity index is 0.00000576. The molecule has 1 aromatic carbocycles. The number of hydrogen-bond donors (Lipinski definition) is 2. The van der Waals surface area contributed by atoms with Crippen LogP contribution < -0.4 is 10.0 Å². The fraction of sp³-hybridized carbons (Fsp3) is 0.562. The number of nitrogens with one attached hydrogen (secondary N) is 2. The number of aliphatic imine (C=N–C) groups is 1. The number of guanidine groups is 1. The van der Waals surface area contributed by atoms with E-state index in [2.05, 4.69) is 15.0 Å². The molecule has 9 heteroatoms. The summed E-state index contributed by atoms with van der Waals surface area (Å²) in [6.07, 6.45) is 0.656. The Morgan fingerprint density at radius 2 is 1.88 bits per heavy atom. The number of nitrogens with zero attached hydrogens (tertiary/aromatic N) is 2. The summed E-state index contributed by atoms with van der Waals surface area (Å²) in [5.41, 5.74) is 1.14. The van der Waals surface area contributed by atoms with Crippen LogP contribution in [0.1, 0.15) is 25.8 Å². The molecule has 144 valence electrons. The Bertz CT molecular complexity index is 624. The summed E-state index contributed by atoms with van der Waals surface area (Å²) in [7, 11) is -1.16. The highest BCUT2D eigenvalue weighted by molar-refractivity contribution is 14.0. The third-order valence-corrected chi connectivity index (χ3v) is 4.98. The minimum atomic E-state index is -3.13. The van der Waals surface area contributed by atoms with E-state index in [9.17, 15) is 8.42 Å². The first-order valence-corrected chi connectivity index (χ1v) is 10.1. The first-order chi connectivity index (χ1) is 11.4. The Hall–Kier alpha value is -0.580. The summed E-state index contributed by atoms with van der Waals surface area (Å²) in [5, 5.41) is 3.96. The second-order valence-electron chi connectivity index (χ2n) is 5.37. The lowest BCUT2D eigenvalue weighted by Gasteiger charge is -2.22. The van der Waals surface area contributed by atoms with Crippen molar-refractivity contribution in [1.29, 1.82) is 0 Å². The highest BCUT2D eigenvalue weighted by Crippen LogP contribution is 2.11. The molecule has 0 aromatic heterocycles. The van der Waals surface area contributed by atoms with Crippen molar-refractivity contribution in [2.45, 2.75) is 26.8 Å². The Morgan fingerprint density at radius 1 is 1.24 bits per heavy atom. The average molecular weight is 503 g/mol. The molecule has 0 unspecified atom stereocenters. The number of halogens is 2. The van der Waals surface area contributed by atoms with Gasteiger partial charge in [-0.25, -0.2) is 13.1 Å². The third-order valence-electron chi connectivity index (χ3n) is 3.33. The van der Waals surface area contributed by atoms with E-state index in [0.29, 0.717) is 26.1 Å². The Morgan fingerprint density at radius 3 is 2.44 bits per heavy atom. The van der Waals surface area contributed by atoms with Crippen molar-refractivity contribution < 1.29 is 8.42 Å². The topological polar surface area (TPSA) is 73.8 Å². The van der Waals surface area contributed by atoms with Crippen LogP contribution in [0.15, 0.2) is 29.3 Å². The van der Waals surface area contributed by atoms with Gasteiger partial charge in [-0.3, -0.25) is 4.99 Å². The highest BCUT2D eigenvalue weighted by atomic mass is 127. The fourth-order valence-corrected chi connectivity index (χ4v) is 2.79. The number of sulfonamides is 1. The summed E-state index contributed by atoms with van der Waals surface area (Å²) in [6, 6.07) is 7.72. The summed E-state index contributed by atoms with van der Waals surface area (Å²) in [5.74, 6) is 0.897. The molecule has 0 heterocycles. The zero-order chi connectivity index (χ0) is 18.0. The standard InChI is InChI=1S/C16H27ClN4O2S.HI/c1-4-18-16(19-11-6-12-20-24(22,23)5-2)21(3)13-14-7-9-15(17)10-8-14;/h7-10,20H,4-6,11-13H2,1-3H3,(H,18,19);1H. The SMILES string of the molecule is CCNC(=NCCCNS(=O)(=O)CC)N(C)Cc1ccc(Cl)cc1.I. The Labute approximate surface area is 173 Å². The molecule has 0 radical (unpaired) electrons. The second kappa shape index (κ2) is 12.7. The lowest BCUT2D eigenvalue weighted by Crippen LogP contribution is -2.38. The lowest BCUT2D eigenvalue weighted by atomic mass is 10.2. The van der Waals surface area contributed by atoms with Crippen LogP contribution in [0, 0.1) is 0 Å². The van der Waals surface area contributed by atoms with Crippen LogP contribution >= 0.6 is 35.6 Å². The van der Waals surface area contributed by atoms with Gasteiger partial charge < -0.3 is 10.2 Å². The molecule has 0 fully saturated rings. The van der Waals surface area contributed by atoms with Gasteiger partial charge in [-0.05, 0) is 38.0 Å². The minimum absolute atomic E-state index is 0. The smallest absolute Gasteiger partial charge is 0.211 e. The molecule has 0 aliphatic carbocycles. The van der Waals surface area contributed by atoms with Crippen LogP contribution in [0.2, 0.25) is 5.02 Å². The maximum Gasteiger partial charge on any atom is 0.211 e. The van der Waals surface area contributed by atoms with Crippen LogP contribution in [-0.2, 0) is 16.6 Å². The number of hydrogen-bond acceptors (Lipinski definition) is 3. The van der Waals surface area contributed by atoms with Gasteiger partial charge in [-0.1, -0.05) is 23.7 Å². The molecule has 25 heavy (non-hydrogen) atoms. The zero-order valence-corrected chi connectivity index (χ0v) is 18.9. The van der Waals surface area contributed by atoms with Crippen LogP contribution in [0.25, 0.3) is 0 Å². The van der Waals surface area contributed by atoms with Crippen molar-refractivity contribution in [3.8, 4) is 0 Å². The van der Waals surface area contributed by atoms with Gasteiger partial charge in [-0.15, -0.1) is 24.0 Å². The van der Waals surface area contributed by atoms with Crippen LogP contribution in [0.5, 0.6) is 0 Å². The number of rotatable bonds is 9. The lowest BCUT2D eigenvalue weighted by molar-refractivity contribution is 0.476. The van der Waals surface area contributed by atoms with Gasteiger partial charge >= 0.3 is 0 Å². The van der Waals surface area contributed by atoms with E-state index in [4.69, 9.17) is 11.6 Å². The molecule has 1 rings (SSSR count). The normalized spacial score (nSPS) is 11.8. The molecule has 0 saturated heterocycles. The molecule has 0 atom stereocenters. The molecule has 0 aliphatic rings. The second-order valence-corrected chi connectivity index (χ2v) is 7.90. The fourth-order valence-electron chi connectivity index (χ4n) is 2.00. The van der Waals surface area contributed by atoms with E-state index in [1.807, 2.05) is 43.1 Å². The van der Waals surface area contributed by atoms with Gasteiger partial charge in [0.1, 0.15) is 0 Å². The van der Waals surface area contributed by atoms with E-state index < -0.39 is 10.0 Å². The summed E-state index contributed by atoms with van der Waals surface area (Å²) in [6.45, 7) is 6.08. The van der Waals surface area contributed by atoms with Crippen molar-refractivity contribution in [1.82, 2.24) is 14.9 Å². The van der Waals surface area contributed by atoms with Crippen molar-refractivity contribution in [2.75, 3.05) is 32.4 Å². The minimum Gasteiger partial charge on any atom is -0.357 e. The molecule has 0 aliphatic heterocycles. The van der Waals surface area contributed by atoms with Crippen molar-refractivity contribution in [2.24, 2.45) is 4.99 Å². The molecule has 6 nitrogen and oxygen atoms in total. The first-order valence-electron chi connectivity index (χ1n) is 8.09. The monoisotopic (exact) mass is 502 g/mol. The van der Waals surface area contributed by atoms with Crippen LogP contribution in [0.3, 0.4) is 0 Å². The van der Waals surface area contributed by atoms with Gasteiger partial charge in [0, 0.05) is 38.2 Å². The predicted molar refractivity (Wildman–Crippen MR) is 116 cm³/mol. The summed E-state index contributed by atoms with van der Waals surface area (Å²) in [4.78, 5) is 6.57. The maximum absolute atomic E-state index is 11.4. The quantitative estimate of drug-likeness (QED) is 0.236. The van der Waals surface area contributed by atoms with Gasteiger partial charge in [0.05, 0.1) is 5.75 Å².